The monoisotopic (exact) mass is 354 g/mol. The maximum Gasteiger partial charge on any atom is 0.326 e. The first-order valence-electron chi connectivity index (χ1n) is 7.45. The zero-order chi connectivity index (χ0) is 19.0. The molecule has 0 saturated carbocycles. The van der Waals surface area contributed by atoms with Crippen LogP contribution in [0.5, 0.6) is 0 Å². The van der Waals surface area contributed by atoms with Crippen molar-refractivity contribution in [1.29, 1.82) is 0 Å². The summed E-state index contributed by atoms with van der Waals surface area (Å²) >= 11 is 0. The number of amides is 2. The summed E-state index contributed by atoms with van der Waals surface area (Å²) in [6, 6.07) is 2.81. The molecule has 2 atom stereocenters. The van der Waals surface area contributed by atoms with Gasteiger partial charge >= 0.3 is 11.9 Å². The largest absolute Gasteiger partial charge is 0.481 e. The molecule has 136 valence electrons. The highest BCUT2D eigenvalue weighted by atomic mass is 19.1. The average Bonchev–Trinajstić information content (AvgIpc) is 2.51. The zero-order valence-electron chi connectivity index (χ0n) is 13.5. The third-order valence-corrected chi connectivity index (χ3v) is 3.31. The highest BCUT2D eigenvalue weighted by Crippen LogP contribution is 2.07. The molecule has 0 aliphatic rings. The van der Waals surface area contributed by atoms with Gasteiger partial charge in [-0.05, 0) is 24.1 Å². The molecule has 0 aromatic heterocycles. The van der Waals surface area contributed by atoms with Gasteiger partial charge in [0.05, 0.1) is 0 Å². The summed E-state index contributed by atoms with van der Waals surface area (Å²) in [5.74, 6) is -4.29. The van der Waals surface area contributed by atoms with Crippen molar-refractivity contribution in [3.63, 3.8) is 0 Å². The van der Waals surface area contributed by atoms with Gasteiger partial charge in [0.15, 0.2) is 0 Å². The molecule has 0 aliphatic carbocycles. The van der Waals surface area contributed by atoms with E-state index in [1.807, 2.05) is 0 Å². The van der Waals surface area contributed by atoms with E-state index in [0.29, 0.717) is 5.56 Å². The molecular formula is C16H19FN2O6. The maximum atomic E-state index is 12.9. The van der Waals surface area contributed by atoms with Gasteiger partial charge in [-0.25, -0.2) is 9.18 Å². The molecule has 1 aromatic rings. The fourth-order valence-electron chi connectivity index (χ4n) is 2.11. The highest BCUT2D eigenvalue weighted by Gasteiger charge is 2.26. The predicted octanol–water partition coefficient (Wildman–Crippen LogP) is 0.307. The third-order valence-electron chi connectivity index (χ3n) is 3.31. The Morgan fingerprint density at radius 1 is 1.04 bits per heavy atom. The molecule has 25 heavy (non-hydrogen) atoms. The summed E-state index contributed by atoms with van der Waals surface area (Å²) in [5.41, 5.74) is 0.563. The van der Waals surface area contributed by atoms with E-state index in [2.05, 4.69) is 10.6 Å². The number of halogens is 1. The first kappa shape index (κ1) is 20.1. The first-order valence-corrected chi connectivity index (χ1v) is 7.45. The number of aliphatic carboxylic acids is 2. The molecule has 0 unspecified atom stereocenters. The van der Waals surface area contributed by atoms with E-state index in [4.69, 9.17) is 10.2 Å². The number of rotatable bonds is 9. The van der Waals surface area contributed by atoms with Crippen molar-refractivity contribution in [2.75, 3.05) is 0 Å². The minimum atomic E-state index is -1.40. The van der Waals surface area contributed by atoms with Gasteiger partial charge in [0.2, 0.25) is 11.8 Å². The number of carboxylic acid groups (broad SMARTS) is 2. The van der Waals surface area contributed by atoms with Crippen LogP contribution in [0.25, 0.3) is 0 Å². The van der Waals surface area contributed by atoms with E-state index in [1.54, 1.807) is 0 Å². The van der Waals surface area contributed by atoms with Crippen molar-refractivity contribution >= 4 is 23.8 Å². The van der Waals surface area contributed by atoms with Crippen LogP contribution in [0.3, 0.4) is 0 Å². The summed E-state index contributed by atoms with van der Waals surface area (Å²) in [6.07, 6.45) is -0.698. The van der Waals surface area contributed by atoms with E-state index < -0.39 is 48.1 Å². The van der Waals surface area contributed by atoms with E-state index in [0.717, 1.165) is 0 Å². The van der Waals surface area contributed by atoms with E-state index in [9.17, 15) is 23.6 Å². The van der Waals surface area contributed by atoms with Crippen LogP contribution in [0.2, 0.25) is 0 Å². The second-order valence-electron chi connectivity index (χ2n) is 5.42. The van der Waals surface area contributed by atoms with Crippen LogP contribution in [0.4, 0.5) is 4.39 Å². The Morgan fingerprint density at radius 3 is 2.12 bits per heavy atom. The molecule has 0 spiro atoms. The Hall–Kier alpha value is -2.97. The molecule has 0 aliphatic heterocycles. The van der Waals surface area contributed by atoms with Crippen molar-refractivity contribution in [3.05, 3.63) is 35.6 Å². The Bertz CT molecular complexity index is 647. The van der Waals surface area contributed by atoms with Gasteiger partial charge in [0.1, 0.15) is 17.9 Å². The fourth-order valence-corrected chi connectivity index (χ4v) is 2.11. The first-order chi connectivity index (χ1) is 11.7. The van der Waals surface area contributed by atoms with E-state index >= 15 is 0 Å². The number of hydrogen-bond donors (Lipinski definition) is 4. The lowest BCUT2D eigenvalue weighted by atomic mass is 10.0. The van der Waals surface area contributed by atoms with Crippen LogP contribution in [0, 0.1) is 5.82 Å². The second-order valence-corrected chi connectivity index (χ2v) is 5.42. The molecule has 4 N–H and O–H groups in total. The van der Waals surface area contributed by atoms with Gasteiger partial charge < -0.3 is 20.8 Å². The van der Waals surface area contributed by atoms with Gasteiger partial charge in [-0.15, -0.1) is 0 Å². The topological polar surface area (TPSA) is 133 Å². The molecule has 0 fully saturated rings. The average molecular weight is 354 g/mol. The normalized spacial score (nSPS) is 12.7. The van der Waals surface area contributed by atoms with E-state index in [1.165, 1.54) is 31.2 Å². The van der Waals surface area contributed by atoms with Crippen LogP contribution in [-0.4, -0.2) is 46.0 Å². The third kappa shape index (κ3) is 7.42. The second kappa shape index (κ2) is 9.36. The summed E-state index contributed by atoms with van der Waals surface area (Å²) in [4.78, 5) is 45.3. The molecule has 8 nitrogen and oxygen atoms in total. The summed E-state index contributed by atoms with van der Waals surface area (Å²) in [6.45, 7) is 1.20. The van der Waals surface area contributed by atoms with Gasteiger partial charge in [-0.2, -0.15) is 0 Å². The van der Waals surface area contributed by atoms with Crippen LogP contribution in [-0.2, 0) is 25.6 Å². The lowest BCUT2D eigenvalue weighted by Crippen LogP contribution is -2.52. The van der Waals surface area contributed by atoms with Crippen LogP contribution in [0.1, 0.15) is 25.3 Å². The number of hydrogen-bond acceptors (Lipinski definition) is 4. The molecule has 0 radical (unpaired) electrons. The Balaban J connectivity index is 2.83. The number of carboxylic acids is 2. The zero-order valence-corrected chi connectivity index (χ0v) is 13.5. The molecule has 9 heteroatoms. The van der Waals surface area contributed by atoms with Crippen LogP contribution >= 0.6 is 0 Å². The molecule has 0 heterocycles. The SMILES string of the molecule is CC(=O)N[C@H](Cc1ccc(F)cc1)C(=O)N[C@H](CCC(=O)O)C(=O)O. The van der Waals surface area contributed by atoms with Crippen molar-refractivity contribution in [2.24, 2.45) is 0 Å². The summed E-state index contributed by atoms with van der Waals surface area (Å²) in [5, 5.41) is 22.3. The van der Waals surface area contributed by atoms with Crippen molar-refractivity contribution in [2.45, 2.75) is 38.3 Å². The van der Waals surface area contributed by atoms with Crippen molar-refractivity contribution in [3.8, 4) is 0 Å². The van der Waals surface area contributed by atoms with Crippen molar-refractivity contribution in [1.82, 2.24) is 10.6 Å². The minimum Gasteiger partial charge on any atom is -0.481 e. The Kier molecular flexibility index (Phi) is 7.51. The number of benzene rings is 1. The Labute approximate surface area is 143 Å². The Morgan fingerprint density at radius 2 is 1.64 bits per heavy atom. The van der Waals surface area contributed by atoms with Gasteiger partial charge in [0.25, 0.3) is 0 Å². The number of nitrogens with one attached hydrogen (secondary N) is 2. The minimum absolute atomic E-state index is 0.0248. The fraction of sp³-hybridized carbons (Fsp3) is 0.375. The molecule has 2 amide bonds. The molecular weight excluding hydrogens is 335 g/mol. The summed E-state index contributed by atoms with van der Waals surface area (Å²) in [7, 11) is 0. The lowest BCUT2D eigenvalue weighted by molar-refractivity contribution is -0.143. The van der Waals surface area contributed by atoms with Crippen LogP contribution < -0.4 is 10.6 Å². The smallest absolute Gasteiger partial charge is 0.326 e. The maximum absolute atomic E-state index is 12.9. The molecule has 1 rings (SSSR count). The quantitative estimate of drug-likeness (QED) is 0.504. The summed E-state index contributed by atoms with van der Waals surface area (Å²) < 4.78 is 12.9. The van der Waals surface area contributed by atoms with E-state index in [-0.39, 0.29) is 12.8 Å². The van der Waals surface area contributed by atoms with Crippen molar-refractivity contribution < 1.29 is 33.8 Å². The van der Waals surface area contributed by atoms with Gasteiger partial charge in [-0.1, -0.05) is 12.1 Å². The molecule has 1 aromatic carbocycles. The number of carbonyl (C=O) groups excluding carboxylic acids is 2. The molecule has 0 bridgehead atoms. The van der Waals surface area contributed by atoms with Gasteiger partial charge in [-0.3, -0.25) is 14.4 Å². The standard InChI is InChI=1S/C16H19FN2O6/c1-9(20)18-13(8-10-2-4-11(17)5-3-10)15(23)19-12(16(24)25)6-7-14(21)22/h2-5,12-13H,6-8H2,1H3,(H,18,20)(H,19,23)(H,21,22)(H,24,25)/t12-,13-/m1/s1. The molecule has 0 saturated heterocycles. The predicted molar refractivity (Wildman–Crippen MR) is 84.1 cm³/mol. The lowest BCUT2D eigenvalue weighted by Gasteiger charge is -2.21. The van der Waals surface area contributed by atoms with Crippen LogP contribution in [0.15, 0.2) is 24.3 Å². The number of carbonyl (C=O) groups is 4. The highest BCUT2D eigenvalue weighted by molar-refractivity contribution is 5.90. The van der Waals surface area contributed by atoms with Gasteiger partial charge in [0, 0.05) is 19.8 Å².